The minimum Gasteiger partial charge on any atom is -0.328 e. The van der Waals surface area contributed by atoms with Gasteiger partial charge in [-0.25, -0.2) is 0 Å². The number of rotatable bonds is 2. The molecule has 76 valence electrons. The molecule has 1 aliphatic rings. The lowest BCUT2D eigenvalue weighted by Crippen LogP contribution is -2.15. The molecule has 1 saturated carbocycles. The van der Waals surface area contributed by atoms with E-state index in [2.05, 4.69) is 12.1 Å². The van der Waals surface area contributed by atoms with Crippen LogP contribution in [0.15, 0.2) is 29.2 Å². The summed E-state index contributed by atoms with van der Waals surface area (Å²) in [7, 11) is 0. The van der Waals surface area contributed by atoms with Crippen LogP contribution in [0, 0.1) is 0 Å². The molecule has 2 N–H and O–H groups in total. The van der Waals surface area contributed by atoms with Crippen molar-refractivity contribution >= 4 is 23.4 Å². The highest BCUT2D eigenvalue weighted by atomic mass is 35.5. The fourth-order valence-electron chi connectivity index (χ4n) is 1.79. The number of hydrogen-bond donors (Lipinski definition) is 1. The molecule has 1 aromatic carbocycles. The zero-order valence-corrected chi connectivity index (χ0v) is 9.52. The van der Waals surface area contributed by atoms with Crippen molar-refractivity contribution in [3.63, 3.8) is 0 Å². The van der Waals surface area contributed by atoms with E-state index in [9.17, 15) is 0 Å². The van der Waals surface area contributed by atoms with Crippen molar-refractivity contribution < 1.29 is 0 Å². The number of benzene rings is 1. The Balaban J connectivity index is 1.94. The minimum atomic E-state index is 0.416. The highest BCUT2D eigenvalue weighted by Gasteiger charge is 2.22. The third-order valence-electron chi connectivity index (χ3n) is 2.54. The molecule has 0 aliphatic heterocycles. The van der Waals surface area contributed by atoms with E-state index in [0.717, 1.165) is 11.4 Å². The van der Waals surface area contributed by atoms with Crippen LogP contribution in [0.25, 0.3) is 0 Å². The third-order valence-corrected chi connectivity index (χ3v) is 4.10. The van der Waals surface area contributed by atoms with E-state index < -0.39 is 0 Å². The maximum Gasteiger partial charge on any atom is 0.0406 e. The normalized spacial score (nSPS) is 26.7. The summed E-state index contributed by atoms with van der Waals surface area (Å²) in [5.41, 5.74) is 5.87. The van der Waals surface area contributed by atoms with Crippen molar-refractivity contribution in [1.82, 2.24) is 0 Å². The van der Waals surface area contributed by atoms with Gasteiger partial charge >= 0.3 is 0 Å². The first-order valence-electron chi connectivity index (χ1n) is 4.92. The predicted octanol–water partition coefficient (Wildman–Crippen LogP) is 3.31. The van der Waals surface area contributed by atoms with Crippen molar-refractivity contribution in [3.05, 3.63) is 29.3 Å². The number of thioether (sulfide) groups is 1. The summed E-state index contributed by atoms with van der Waals surface area (Å²) in [5, 5.41) is 1.50. The van der Waals surface area contributed by atoms with Gasteiger partial charge in [0.05, 0.1) is 0 Å². The summed E-state index contributed by atoms with van der Waals surface area (Å²) in [5.74, 6) is 0. The summed E-state index contributed by atoms with van der Waals surface area (Å²) in [6.07, 6.45) is 3.56. The van der Waals surface area contributed by atoms with Gasteiger partial charge in [0, 0.05) is 21.2 Å². The van der Waals surface area contributed by atoms with Crippen LogP contribution >= 0.6 is 23.4 Å². The van der Waals surface area contributed by atoms with E-state index in [1.54, 1.807) is 0 Å². The van der Waals surface area contributed by atoms with Crippen molar-refractivity contribution in [2.75, 3.05) is 0 Å². The molecule has 1 aliphatic carbocycles. The molecular formula is C11H14ClNS. The lowest BCUT2D eigenvalue weighted by molar-refractivity contribution is 0.706. The summed E-state index contributed by atoms with van der Waals surface area (Å²) >= 11 is 7.75. The Morgan fingerprint density at radius 1 is 1.21 bits per heavy atom. The van der Waals surface area contributed by atoms with Crippen LogP contribution in [0.3, 0.4) is 0 Å². The molecular weight excluding hydrogens is 214 g/mol. The highest BCUT2D eigenvalue weighted by Crippen LogP contribution is 2.34. The molecule has 1 aromatic rings. The van der Waals surface area contributed by atoms with Gasteiger partial charge in [0.1, 0.15) is 0 Å². The SMILES string of the molecule is NC1CCC(Sc2ccc(Cl)cc2)C1. The van der Waals surface area contributed by atoms with Gasteiger partial charge in [0.15, 0.2) is 0 Å². The molecule has 1 fully saturated rings. The molecule has 2 atom stereocenters. The van der Waals surface area contributed by atoms with Crippen molar-refractivity contribution in [1.29, 1.82) is 0 Å². The minimum absolute atomic E-state index is 0.416. The van der Waals surface area contributed by atoms with Crippen LogP contribution in [-0.2, 0) is 0 Å². The van der Waals surface area contributed by atoms with E-state index in [-0.39, 0.29) is 0 Å². The standard InChI is InChI=1S/C11H14ClNS/c12-8-1-4-10(5-2-8)14-11-6-3-9(13)7-11/h1-2,4-5,9,11H,3,6-7,13H2. The Kier molecular flexibility index (Phi) is 3.37. The summed E-state index contributed by atoms with van der Waals surface area (Å²) < 4.78 is 0. The van der Waals surface area contributed by atoms with Gasteiger partial charge in [-0.1, -0.05) is 11.6 Å². The molecule has 2 rings (SSSR count). The van der Waals surface area contributed by atoms with Gasteiger partial charge in [0.2, 0.25) is 0 Å². The number of nitrogens with two attached hydrogens (primary N) is 1. The average molecular weight is 228 g/mol. The molecule has 14 heavy (non-hydrogen) atoms. The van der Waals surface area contributed by atoms with Gasteiger partial charge in [0.25, 0.3) is 0 Å². The Bertz CT molecular complexity index is 299. The van der Waals surface area contributed by atoms with E-state index in [1.807, 2.05) is 23.9 Å². The van der Waals surface area contributed by atoms with Gasteiger partial charge in [-0.15, -0.1) is 11.8 Å². The van der Waals surface area contributed by atoms with Gasteiger partial charge in [-0.2, -0.15) is 0 Å². The summed E-state index contributed by atoms with van der Waals surface area (Å²) in [6, 6.07) is 8.46. The van der Waals surface area contributed by atoms with E-state index in [0.29, 0.717) is 11.3 Å². The maximum atomic E-state index is 5.87. The first-order chi connectivity index (χ1) is 6.74. The van der Waals surface area contributed by atoms with Crippen LogP contribution < -0.4 is 5.73 Å². The molecule has 2 unspecified atom stereocenters. The van der Waals surface area contributed by atoms with Gasteiger partial charge in [-0.3, -0.25) is 0 Å². The topological polar surface area (TPSA) is 26.0 Å². The van der Waals surface area contributed by atoms with Crippen LogP contribution in [0.5, 0.6) is 0 Å². The molecule has 0 radical (unpaired) electrons. The zero-order valence-electron chi connectivity index (χ0n) is 7.95. The fraction of sp³-hybridized carbons (Fsp3) is 0.455. The van der Waals surface area contributed by atoms with Crippen molar-refractivity contribution in [3.8, 4) is 0 Å². The van der Waals surface area contributed by atoms with E-state index in [4.69, 9.17) is 17.3 Å². The smallest absolute Gasteiger partial charge is 0.0406 e. The number of hydrogen-bond acceptors (Lipinski definition) is 2. The second-order valence-corrected chi connectivity index (χ2v) is 5.58. The maximum absolute atomic E-state index is 5.87. The zero-order chi connectivity index (χ0) is 9.97. The Hall–Kier alpha value is -0.180. The molecule has 0 spiro atoms. The Labute approximate surface area is 94.0 Å². The predicted molar refractivity (Wildman–Crippen MR) is 62.9 cm³/mol. The molecule has 1 nitrogen and oxygen atoms in total. The number of halogens is 1. The second-order valence-electron chi connectivity index (χ2n) is 3.77. The van der Waals surface area contributed by atoms with Crippen molar-refractivity contribution in [2.45, 2.75) is 35.4 Å². The average Bonchev–Trinajstić information content (AvgIpc) is 2.56. The molecule has 3 heteroatoms. The lowest BCUT2D eigenvalue weighted by atomic mass is 10.3. The molecule has 0 bridgehead atoms. The molecule has 0 aromatic heterocycles. The van der Waals surface area contributed by atoms with Crippen LogP contribution in [-0.4, -0.2) is 11.3 Å². The van der Waals surface area contributed by atoms with Gasteiger partial charge in [-0.05, 0) is 43.5 Å². The summed E-state index contributed by atoms with van der Waals surface area (Å²) in [6.45, 7) is 0. The molecule has 0 saturated heterocycles. The molecule has 0 amide bonds. The van der Waals surface area contributed by atoms with Crippen LogP contribution in [0.4, 0.5) is 0 Å². The molecule has 0 heterocycles. The van der Waals surface area contributed by atoms with Crippen LogP contribution in [0.1, 0.15) is 19.3 Å². The largest absolute Gasteiger partial charge is 0.328 e. The van der Waals surface area contributed by atoms with Crippen molar-refractivity contribution in [2.24, 2.45) is 5.73 Å². The fourth-order valence-corrected chi connectivity index (χ4v) is 3.19. The summed E-state index contributed by atoms with van der Waals surface area (Å²) in [4.78, 5) is 1.30. The van der Waals surface area contributed by atoms with E-state index >= 15 is 0 Å². The second kappa shape index (κ2) is 4.56. The monoisotopic (exact) mass is 227 g/mol. The Morgan fingerprint density at radius 3 is 2.50 bits per heavy atom. The van der Waals surface area contributed by atoms with Gasteiger partial charge < -0.3 is 5.73 Å². The highest BCUT2D eigenvalue weighted by molar-refractivity contribution is 8.00. The quantitative estimate of drug-likeness (QED) is 0.839. The Morgan fingerprint density at radius 2 is 1.93 bits per heavy atom. The first kappa shape index (κ1) is 10.3. The third kappa shape index (κ3) is 2.66. The lowest BCUT2D eigenvalue weighted by Gasteiger charge is -2.08. The first-order valence-corrected chi connectivity index (χ1v) is 6.17. The van der Waals surface area contributed by atoms with E-state index in [1.165, 1.54) is 17.7 Å². The van der Waals surface area contributed by atoms with Crippen LogP contribution in [0.2, 0.25) is 5.02 Å².